The van der Waals surface area contributed by atoms with Crippen LogP contribution in [0.5, 0.6) is 0 Å². The van der Waals surface area contributed by atoms with E-state index >= 15 is 0 Å². The van der Waals surface area contributed by atoms with Crippen LogP contribution in [0, 0.1) is 5.82 Å². The van der Waals surface area contributed by atoms with E-state index in [0.29, 0.717) is 11.4 Å². The maximum absolute atomic E-state index is 13.8. The van der Waals surface area contributed by atoms with Gasteiger partial charge in [0, 0.05) is 22.0 Å². The van der Waals surface area contributed by atoms with Gasteiger partial charge < -0.3 is 10.6 Å². The van der Waals surface area contributed by atoms with E-state index in [1.165, 1.54) is 35.5 Å². The summed E-state index contributed by atoms with van der Waals surface area (Å²) in [6.45, 7) is 1.70. The van der Waals surface area contributed by atoms with Gasteiger partial charge >= 0.3 is 0 Å². The molecule has 2 N–H and O–H groups in total. The van der Waals surface area contributed by atoms with Crippen LogP contribution in [0.3, 0.4) is 0 Å². The van der Waals surface area contributed by atoms with Crippen LogP contribution in [0.4, 0.5) is 15.8 Å². The van der Waals surface area contributed by atoms with E-state index in [4.69, 9.17) is 11.6 Å². The van der Waals surface area contributed by atoms with Crippen molar-refractivity contribution in [2.45, 2.75) is 19.4 Å². The third-order valence-electron chi connectivity index (χ3n) is 4.05. The summed E-state index contributed by atoms with van der Waals surface area (Å²) in [7, 11) is 0. The molecule has 0 bridgehead atoms. The topological polar surface area (TPSA) is 88.9 Å². The van der Waals surface area contributed by atoms with Gasteiger partial charge in [0.2, 0.25) is 11.8 Å². The fourth-order valence-corrected chi connectivity index (χ4v) is 2.72. The van der Waals surface area contributed by atoms with E-state index in [-0.39, 0.29) is 22.9 Å². The SMILES string of the molecule is C[C@H](C(=O)Nc1ccc(NC(=O)Cc2c(F)cccc2Cl)cc1)n1cncn1. The third kappa shape index (κ3) is 4.72. The molecule has 144 valence electrons. The number of carbonyl (C=O) groups excluding carboxylic acids is 2. The Hall–Kier alpha value is -3.26. The Kier molecular flexibility index (Phi) is 6.00. The maximum atomic E-state index is 13.8. The highest BCUT2D eigenvalue weighted by Crippen LogP contribution is 2.20. The van der Waals surface area contributed by atoms with Crippen molar-refractivity contribution in [2.24, 2.45) is 0 Å². The average molecular weight is 402 g/mol. The van der Waals surface area contributed by atoms with E-state index in [2.05, 4.69) is 20.7 Å². The molecule has 1 atom stereocenters. The molecule has 7 nitrogen and oxygen atoms in total. The number of rotatable bonds is 6. The lowest BCUT2D eigenvalue weighted by Crippen LogP contribution is -2.24. The Balaban J connectivity index is 1.58. The first-order chi connectivity index (χ1) is 13.4. The number of nitrogens with one attached hydrogen (secondary N) is 2. The van der Waals surface area contributed by atoms with E-state index in [0.717, 1.165) is 0 Å². The Labute approximate surface area is 165 Å². The first kappa shape index (κ1) is 19.5. The number of amides is 2. The van der Waals surface area contributed by atoms with Gasteiger partial charge in [0.15, 0.2) is 0 Å². The number of nitrogens with zero attached hydrogens (tertiary/aromatic N) is 3. The van der Waals surface area contributed by atoms with E-state index in [1.807, 2.05) is 0 Å². The first-order valence-electron chi connectivity index (χ1n) is 8.42. The van der Waals surface area contributed by atoms with E-state index in [1.54, 1.807) is 31.2 Å². The molecular formula is C19H17ClFN5O2. The Bertz CT molecular complexity index is 956. The summed E-state index contributed by atoms with van der Waals surface area (Å²) in [5, 5.41) is 9.57. The van der Waals surface area contributed by atoms with Crippen LogP contribution in [0.2, 0.25) is 5.02 Å². The molecule has 3 rings (SSSR count). The van der Waals surface area contributed by atoms with Crippen molar-refractivity contribution in [1.82, 2.24) is 14.8 Å². The van der Waals surface area contributed by atoms with Crippen molar-refractivity contribution < 1.29 is 14.0 Å². The summed E-state index contributed by atoms with van der Waals surface area (Å²) in [5.41, 5.74) is 1.22. The second-order valence-electron chi connectivity index (χ2n) is 6.04. The molecule has 2 aromatic carbocycles. The monoisotopic (exact) mass is 401 g/mol. The van der Waals surface area contributed by atoms with Crippen LogP contribution in [0.25, 0.3) is 0 Å². The second-order valence-corrected chi connectivity index (χ2v) is 6.45. The van der Waals surface area contributed by atoms with Gasteiger partial charge in [0.25, 0.3) is 0 Å². The summed E-state index contributed by atoms with van der Waals surface area (Å²) >= 11 is 5.94. The molecule has 0 saturated heterocycles. The minimum absolute atomic E-state index is 0.146. The highest BCUT2D eigenvalue weighted by atomic mass is 35.5. The molecule has 1 aromatic heterocycles. The van der Waals surface area contributed by atoms with Crippen molar-refractivity contribution in [1.29, 1.82) is 0 Å². The van der Waals surface area contributed by atoms with Gasteiger partial charge in [-0.3, -0.25) is 9.59 Å². The summed E-state index contributed by atoms with van der Waals surface area (Å²) in [4.78, 5) is 28.2. The molecule has 0 spiro atoms. The molecule has 0 saturated carbocycles. The minimum Gasteiger partial charge on any atom is -0.326 e. The molecule has 9 heteroatoms. The van der Waals surface area contributed by atoms with Crippen molar-refractivity contribution in [2.75, 3.05) is 10.6 Å². The zero-order valence-electron chi connectivity index (χ0n) is 14.9. The standard InChI is InChI=1S/C19H17ClFN5O2/c1-12(26-11-22-10-23-26)19(28)25-14-7-5-13(6-8-14)24-18(27)9-15-16(20)3-2-4-17(15)21/h2-8,10-12H,9H2,1H3,(H,24,27)(H,25,28)/t12-/m1/s1. The van der Waals surface area contributed by atoms with Crippen LogP contribution in [0.15, 0.2) is 55.1 Å². The Morgan fingerprint density at radius 3 is 2.43 bits per heavy atom. The lowest BCUT2D eigenvalue weighted by atomic mass is 10.1. The van der Waals surface area contributed by atoms with Gasteiger partial charge in [-0.15, -0.1) is 0 Å². The number of anilines is 2. The predicted molar refractivity (Wildman–Crippen MR) is 104 cm³/mol. The normalized spacial score (nSPS) is 11.7. The highest BCUT2D eigenvalue weighted by molar-refractivity contribution is 6.31. The van der Waals surface area contributed by atoms with Crippen LogP contribution in [-0.4, -0.2) is 26.6 Å². The van der Waals surface area contributed by atoms with E-state index in [9.17, 15) is 14.0 Å². The first-order valence-corrected chi connectivity index (χ1v) is 8.79. The van der Waals surface area contributed by atoms with E-state index < -0.39 is 17.8 Å². The molecule has 0 radical (unpaired) electrons. The van der Waals surface area contributed by atoms with Crippen molar-refractivity contribution >= 4 is 34.8 Å². The molecule has 28 heavy (non-hydrogen) atoms. The number of hydrogen-bond acceptors (Lipinski definition) is 4. The van der Waals surface area contributed by atoms with Crippen molar-refractivity contribution in [3.05, 3.63) is 71.5 Å². The van der Waals surface area contributed by atoms with Crippen molar-refractivity contribution in [3.63, 3.8) is 0 Å². The predicted octanol–water partition coefficient (Wildman–Crippen LogP) is 3.45. The molecule has 0 aliphatic heterocycles. The average Bonchev–Trinajstić information content (AvgIpc) is 3.20. The third-order valence-corrected chi connectivity index (χ3v) is 4.40. The van der Waals surface area contributed by atoms with Gasteiger partial charge in [-0.1, -0.05) is 17.7 Å². The number of benzene rings is 2. The highest BCUT2D eigenvalue weighted by Gasteiger charge is 2.16. The molecule has 1 heterocycles. The zero-order chi connectivity index (χ0) is 20.1. The summed E-state index contributed by atoms with van der Waals surface area (Å²) in [5.74, 6) is -1.18. The maximum Gasteiger partial charge on any atom is 0.249 e. The lowest BCUT2D eigenvalue weighted by molar-refractivity contribution is -0.119. The zero-order valence-corrected chi connectivity index (χ0v) is 15.7. The summed E-state index contributed by atoms with van der Waals surface area (Å²) in [6.07, 6.45) is 2.64. The number of aromatic nitrogens is 3. The molecule has 2 amide bonds. The molecule has 3 aromatic rings. The van der Waals surface area contributed by atoms with Crippen LogP contribution >= 0.6 is 11.6 Å². The molecule has 0 fully saturated rings. The summed E-state index contributed by atoms with van der Waals surface area (Å²) in [6, 6.07) is 10.3. The van der Waals surface area contributed by atoms with Gasteiger partial charge in [-0.25, -0.2) is 14.1 Å². The number of carbonyl (C=O) groups is 2. The molecular weight excluding hydrogens is 385 g/mol. The summed E-state index contributed by atoms with van der Waals surface area (Å²) < 4.78 is 15.2. The smallest absolute Gasteiger partial charge is 0.249 e. The van der Waals surface area contributed by atoms with Gasteiger partial charge in [-0.05, 0) is 43.3 Å². The second kappa shape index (κ2) is 8.62. The number of hydrogen-bond donors (Lipinski definition) is 2. The fourth-order valence-electron chi connectivity index (χ4n) is 2.49. The number of halogens is 2. The van der Waals surface area contributed by atoms with Gasteiger partial charge in [0.1, 0.15) is 24.5 Å². The van der Waals surface area contributed by atoms with Gasteiger partial charge in [0.05, 0.1) is 6.42 Å². The van der Waals surface area contributed by atoms with Crippen LogP contribution < -0.4 is 10.6 Å². The van der Waals surface area contributed by atoms with Crippen molar-refractivity contribution in [3.8, 4) is 0 Å². The Morgan fingerprint density at radius 2 is 1.82 bits per heavy atom. The lowest BCUT2D eigenvalue weighted by Gasteiger charge is -2.12. The molecule has 0 unspecified atom stereocenters. The molecule has 0 aliphatic rings. The van der Waals surface area contributed by atoms with Crippen LogP contribution in [0.1, 0.15) is 18.5 Å². The minimum atomic E-state index is -0.526. The largest absolute Gasteiger partial charge is 0.326 e. The Morgan fingerprint density at radius 1 is 1.14 bits per heavy atom. The van der Waals surface area contributed by atoms with Crippen LogP contribution in [-0.2, 0) is 16.0 Å². The molecule has 0 aliphatic carbocycles. The van der Waals surface area contributed by atoms with Gasteiger partial charge in [-0.2, -0.15) is 5.10 Å². The fraction of sp³-hybridized carbons (Fsp3) is 0.158. The quantitative estimate of drug-likeness (QED) is 0.662.